The summed E-state index contributed by atoms with van der Waals surface area (Å²) >= 11 is 0. The summed E-state index contributed by atoms with van der Waals surface area (Å²) in [5.41, 5.74) is 0.505. The molecule has 0 spiro atoms. The number of hydrogen-bond acceptors (Lipinski definition) is 4. The topological polar surface area (TPSA) is 119 Å². The predicted octanol–water partition coefficient (Wildman–Crippen LogP) is 2.32. The van der Waals surface area contributed by atoms with E-state index < -0.39 is 54.1 Å². The molecular weight excluding hydrogens is 438 g/mol. The zero-order valence-corrected chi connectivity index (χ0v) is 17.6. The minimum absolute atomic E-state index is 0.0267. The molecule has 9 nitrogen and oxygen atoms in total. The molecule has 4 amide bonds. The molecule has 2 atom stereocenters. The number of carboxylic acid groups (broad SMARTS) is 1. The van der Waals surface area contributed by atoms with Crippen LogP contribution in [0.25, 0.3) is 0 Å². The Morgan fingerprint density at radius 2 is 1.70 bits per heavy atom. The molecule has 0 aliphatic carbocycles. The van der Waals surface area contributed by atoms with Crippen LogP contribution in [-0.4, -0.2) is 58.0 Å². The van der Waals surface area contributed by atoms with Gasteiger partial charge in [-0.25, -0.2) is 13.6 Å². The largest absolute Gasteiger partial charge is 0.481 e. The first-order valence-corrected chi connectivity index (χ1v) is 10.0. The fraction of sp³-hybridized carbons (Fsp3) is 0.273. The van der Waals surface area contributed by atoms with E-state index >= 15 is 0 Å². The number of halogens is 2. The van der Waals surface area contributed by atoms with Gasteiger partial charge in [0.1, 0.15) is 11.6 Å². The Morgan fingerprint density at radius 1 is 1.03 bits per heavy atom. The molecule has 2 aromatic carbocycles. The molecule has 1 heterocycles. The van der Waals surface area contributed by atoms with Gasteiger partial charge in [-0.05, 0) is 35.9 Å². The third-order valence-corrected chi connectivity index (χ3v) is 5.12. The smallest absolute Gasteiger partial charge is 0.323 e. The second-order valence-corrected chi connectivity index (χ2v) is 7.43. The zero-order chi connectivity index (χ0) is 24.1. The summed E-state index contributed by atoms with van der Waals surface area (Å²) in [7, 11) is 0. The first-order chi connectivity index (χ1) is 15.7. The molecule has 1 aliphatic rings. The highest BCUT2D eigenvalue weighted by atomic mass is 19.1. The number of urea groups is 1. The molecule has 1 saturated heterocycles. The SMILES string of the molecule is CC(=O)N1CCN(C(=O)Nc2cccc(F)c2)C1C(=O)NC(CC(=O)O)c1ccc(F)cc1. The van der Waals surface area contributed by atoms with E-state index in [0.29, 0.717) is 5.56 Å². The van der Waals surface area contributed by atoms with Crippen LogP contribution in [0.15, 0.2) is 48.5 Å². The molecular formula is C22H22F2N4O5. The van der Waals surface area contributed by atoms with Crippen molar-refractivity contribution in [1.82, 2.24) is 15.1 Å². The van der Waals surface area contributed by atoms with Crippen LogP contribution in [-0.2, 0) is 14.4 Å². The van der Waals surface area contributed by atoms with E-state index in [-0.39, 0.29) is 18.8 Å². The highest BCUT2D eigenvalue weighted by Gasteiger charge is 2.42. The van der Waals surface area contributed by atoms with E-state index in [4.69, 9.17) is 0 Å². The van der Waals surface area contributed by atoms with Gasteiger partial charge in [0, 0.05) is 25.7 Å². The molecule has 1 fully saturated rings. The maximum atomic E-state index is 13.4. The van der Waals surface area contributed by atoms with Crippen LogP contribution in [0.2, 0.25) is 0 Å². The standard InChI is InChI=1S/C22H22F2N4O5/c1-13(29)27-9-10-28(22(33)25-17-4-2-3-16(24)11-17)21(27)20(32)26-18(12-19(30)31)14-5-7-15(23)8-6-14/h2-8,11,18,21H,9-10,12H2,1H3,(H,25,33)(H,26,32)(H,30,31). The summed E-state index contributed by atoms with van der Waals surface area (Å²) in [5.74, 6) is -3.55. The van der Waals surface area contributed by atoms with Crippen LogP contribution in [0.4, 0.5) is 19.3 Å². The molecule has 0 aromatic heterocycles. The summed E-state index contributed by atoms with van der Waals surface area (Å²) in [6.45, 7) is 1.34. The number of nitrogens with one attached hydrogen (secondary N) is 2. The van der Waals surface area contributed by atoms with Crippen molar-refractivity contribution in [2.75, 3.05) is 18.4 Å². The molecule has 3 rings (SSSR count). The maximum absolute atomic E-state index is 13.4. The highest BCUT2D eigenvalue weighted by molar-refractivity contribution is 5.96. The fourth-order valence-electron chi connectivity index (χ4n) is 3.58. The van der Waals surface area contributed by atoms with Crippen molar-refractivity contribution < 1.29 is 33.1 Å². The van der Waals surface area contributed by atoms with E-state index in [1.165, 1.54) is 42.2 Å². The number of rotatable bonds is 6. The van der Waals surface area contributed by atoms with Crippen molar-refractivity contribution >= 4 is 29.5 Å². The lowest BCUT2D eigenvalue weighted by Gasteiger charge is -2.30. The molecule has 2 unspecified atom stereocenters. The Hall–Kier alpha value is -4.02. The van der Waals surface area contributed by atoms with Gasteiger partial charge in [0.25, 0.3) is 5.91 Å². The normalized spacial score (nSPS) is 16.3. The van der Waals surface area contributed by atoms with E-state index in [2.05, 4.69) is 10.6 Å². The predicted molar refractivity (Wildman–Crippen MR) is 113 cm³/mol. The Balaban J connectivity index is 1.83. The molecule has 3 N–H and O–H groups in total. The third-order valence-electron chi connectivity index (χ3n) is 5.12. The van der Waals surface area contributed by atoms with E-state index in [9.17, 15) is 33.1 Å². The first-order valence-electron chi connectivity index (χ1n) is 10.0. The van der Waals surface area contributed by atoms with Gasteiger partial charge in [0.05, 0.1) is 12.5 Å². The van der Waals surface area contributed by atoms with Crippen molar-refractivity contribution in [1.29, 1.82) is 0 Å². The number of nitrogens with zero attached hydrogens (tertiary/aromatic N) is 2. The Morgan fingerprint density at radius 3 is 2.30 bits per heavy atom. The van der Waals surface area contributed by atoms with Crippen molar-refractivity contribution in [2.45, 2.75) is 25.6 Å². The van der Waals surface area contributed by atoms with E-state index in [1.807, 2.05) is 0 Å². The summed E-state index contributed by atoms with van der Waals surface area (Å²) in [4.78, 5) is 51.7. The Kier molecular flexibility index (Phi) is 7.21. The number of carbonyl (C=O) groups is 4. The molecule has 1 aliphatic heterocycles. The quantitative estimate of drug-likeness (QED) is 0.611. The van der Waals surface area contributed by atoms with Crippen molar-refractivity contribution in [3.8, 4) is 0 Å². The van der Waals surface area contributed by atoms with Crippen LogP contribution in [0.1, 0.15) is 24.9 Å². The Labute approximate surface area is 188 Å². The zero-order valence-electron chi connectivity index (χ0n) is 17.6. The second-order valence-electron chi connectivity index (χ2n) is 7.43. The third kappa shape index (κ3) is 5.82. The fourth-order valence-corrected chi connectivity index (χ4v) is 3.58. The van der Waals surface area contributed by atoms with E-state index in [0.717, 1.165) is 23.1 Å². The number of anilines is 1. The first kappa shape index (κ1) is 23.6. The lowest BCUT2D eigenvalue weighted by Crippen LogP contribution is -2.54. The number of carbonyl (C=O) groups excluding carboxylic acids is 3. The van der Waals surface area contributed by atoms with Gasteiger partial charge in [-0.3, -0.25) is 19.3 Å². The van der Waals surface area contributed by atoms with Gasteiger partial charge in [0.15, 0.2) is 6.17 Å². The van der Waals surface area contributed by atoms with Crippen LogP contribution in [0.5, 0.6) is 0 Å². The minimum Gasteiger partial charge on any atom is -0.481 e. The van der Waals surface area contributed by atoms with Crippen molar-refractivity contribution in [3.63, 3.8) is 0 Å². The lowest BCUT2D eigenvalue weighted by molar-refractivity contribution is -0.141. The number of amides is 4. The van der Waals surface area contributed by atoms with Gasteiger partial charge in [-0.2, -0.15) is 0 Å². The van der Waals surface area contributed by atoms with Crippen LogP contribution in [0, 0.1) is 11.6 Å². The molecule has 11 heteroatoms. The number of hydrogen-bond donors (Lipinski definition) is 3. The highest BCUT2D eigenvalue weighted by Crippen LogP contribution is 2.22. The molecule has 0 saturated carbocycles. The van der Waals surface area contributed by atoms with Gasteiger partial charge < -0.3 is 20.6 Å². The molecule has 2 aromatic rings. The molecule has 0 radical (unpaired) electrons. The average molecular weight is 460 g/mol. The maximum Gasteiger partial charge on any atom is 0.323 e. The summed E-state index contributed by atoms with van der Waals surface area (Å²) in [5, 5.41) is 14.3. The van der Waals surface area contributed by atoms with Crippen LogP contribution < -0.4 is 10.6 Å². The van der Waals surface area contributed by atoms with Gasteiger partial charge in [-0.15, -0.1) is 0 Å². The monoisotopic (exact) mass is 460 g/mol. The van der Waals surface area contributed by atoms with E-state index in [1.54, 1.807) is 0 Å². The van der Waals surface area contributed by atoms with Crippen LogP contribution >= 0.6 is 0 Å². The minimum atomic E-state index is -1.35. The second kappa shape index (κ2) is 10.1. The van der Waals surface area contributed by atoms with Gasteiger partial charge in [0.2, 0.25) is 5.91 Å². The van der Waals surface area contributed by atoms with Crippen molar-refractivity contribution in [3.05, 3.63) is 65.7 Å². The average Bonchev–Trinajstić information content (AvgIpc) is 3.19. The molecule has 33 heavy (non-hydrogen) atoms. The summed E-state index contributed by atoms with van der Waals surface area (Å²) in [6.07, 6.45) is -1.85. The van der Waals surface area contributed by atoms with Crippen LogP contribution in [0.3, 0.4) is 0 Å². The van der Waals surface area contributed by atoms with Gasteiger partial charge in [-0.1, -0.05) is 18.2 Å². The number of carboxylic acids is 1. The summed E-state index contributed by atoms with van der Waals surface area (Å²) < 4.78 is 26.7. The Bertz CT molecular complexity index is 1060. The van der Waals surface area contributed by atoms with Gasteiger partial charge >= 0.3 is 12.0 Å². The molecule has 0 bridgehead atoms. The lowest BCUT2D eigenvalue weighted by atomic mass is 10.0. The number of aliphatic carboxylic acids is 1. The molecule has 174 valence electrons. The summed E-state index contributed by atoms with van der Waals surface area (Å²) in [6, 6.07) is 8.36. The number of benzene rings is 2. The van der Waals surface area contributed by atoms with Crippen molar-refractivity contribution in [2.24, 2.45) is 0 Å².